The number of amides is 1. The molecule has 456 valence electrons. The van der Waals surface area contributed by atoms with Crippen molar-refractivity contribution in [2.45, 2.75) is 245 Å². The molecule has 17 heteroatoms. The van der Waals surface area contributed by atoms with Gasteiger partial charge in [-0.25, -0.2) is 4.79 Å². The molecular weight excluding hydrogens is 1020 g/mol. The van der Waals surface area contributed by atoms with Crippen LogP contribution < -0.4 is 4.90 Å². The van der Waals surface area contributed by atoms with Gasteiger partial charge in [-0.15, -0.1) is 0 Å². The smallest absolute Gasteiger partial charge is 0.410 e. The number of hydrogen-bond acceptors (Lipinski definition) is 16. The summed E-state index contributed by atoms with van der Waals surface area (Å²) in [6.45, 7) is 7.96. The summed E-state index contributed by atoms with van der Waals surface area (Å²) in [7, 11) is 1.87. The van der Waals surface area contributed by atoms with Gasteiger partial charge >= 0.3 is 41.9 Å². The number of carbonyl (C=O) groups excluding carboxylic acids is 7. The third kappa shape index (κ3) is 36.2. The molecule has 1 aliphatic rings. The molecule has 0 unspecified atom stereocenters. The van der Waals surface area contributed by atoms with Gasteiger partial charge in [0.1, 0.15) is 19.8 Å². The van der Waals surface area contributed by atoms with Gasteiger partial charge in [0, 0.05) is 62.6 Å². The highest BCUT2D eigenvalue weighted by Crippen LogP contribution is 2.23. The molecule has 0 bridgehead atoms. The number of unbranched alkanes of at least 4 members (excludes halogenated alkanes) is 20. The van der Waals surface area contributed by atoms with E-state index < -0.39 is 42.0 Å². The number of esters is 6. The van der Waals surface area contributed by atoms with Crippen LogP contribution >= 0.6 is 0 Å². The summed E-state index contributed by atoms with van der Waals surface area (Å²) < 4.78 is 40.2. The fourth-order valence-electron chi connectivity index (χ4n) is 9.33. The average molecular weight is 1130 g/mol. The Hall–Kier alpha value is -5.22. The molecule has 80 heavy (non-hydrogen) atoms. The lowest BCUT2D eigenvalue weighted by atomic mass is 10.1. The molecule has 17 nitrogen and oxygen atoms in total. The second-order valence-corrected chi connectivity index (χ2v) is 21.7. The van der Waals surface area contributed by atoms with Crippen molar-refractivity contribution in [3.05, 3.63) is 36.7 Å². The van der Waals surface area contributed by atoms with Gasteiger partial charge in [-0.3, -0.25) is 38.7 Å². The van der Waals surface area contributed by atoms with E-state index in [1.54, 1.807) is 12.4 Å². The molecule has 0 aromatic carbocycles. The van der Waals surface area contributed by atoms with Crippen LogP contribution in [0.2, 0.25) is 0 Å². The molecule has 0 saturated carbocycles. The van der Waals surface area contributed by atoms with Crippen LogP contribution in [-0.4, -0.2) is 124 Å². The SMILES string of the molecule is CCCCCCCCC(=O)OCC(COC(=O)CCCCCCCC)CC(=O)OC[C@@H]1CC=CC[C@@H](COC(=O)CC(COC(=O)CCCCCCCC)COC(=O)CCCCCCCC)N1C(=O)OCCN(C)c1ccncc1. The summed E-state index contributed by atoms with van der Waals surface area (Å²) in [6.07, 6.45) is 31.9. The van der Waals surface area contributed by atoms with Crippen molar-refractivity contribution in [1.29, 1.82) is 0 Å². The van der Waals surface area contributed by atoms with Gasteiger partial charge in [-0.1, -0.05) is 168 Å². The lowest BCUT2D eigenvalue weighted by Crippen LogP contribution is -2.51. The Morgan fingerprint density at radius 1 is 0.463 bits per heavy atom. The van der Waals surface area contributed by atoms with Crippen molar-refractivity contribution in [2.24, 2.45) is 11.8 Å². The monoisotopic (exact) mass is 1130 g/mol. The van der Waals surface area contributed by atoms with Gasteiger partial charge < -0.3 is 38.1 Å². The van der Waals surface area contributed by atoms with Crippen LogP contribution in [0.15, 0.2) is 36.7 Å². The van der Waals surface area contributed by atoms with Gasteiger partial charge in [-0.05, 0) is 50.7 Å². The van der Waals surface area contributed by atoms with Crippen LogP contribution in [0, 0.1) is 11.8 Å². The zero-order chi connectivity index (χ0) is 58.3. The van der Waals surface area contributed by atoms with Gasteiger partial charge in [-0.2, -0.15) is 0 Å². The molecule has 1 aromatic rings. The second-order valence-electron chi connectivity index (χ2n) is 21.7. The molecule has 0 radical (unpaired) electrons. The maximum Gasteiger partial charge on any atom is 0.410 e. The Morgan fingerprint density at radius 2 is 0.787 bits per heavy atom. The van der Waals surface area contributed by atoms with E-state index in [0.717, 1.165) is 134 Å². The molecule has 0 aliphatic carbocycles. The summed E-state index contributed by atoms with van der Waals surface area (Å²) in [5.74, 6) is -4.12. The average Bonchev–Trinajstić information content (AvgIpc) is 3.69. The molecule has 1 aromatic heterocycles. The third-order valence-corrected chi connectivity index (χ3v) is 14.4. The summed E-state index contributed by atoms with van der Waals surface area (Å²) in [4.78, 5) is 100. The van der Waals surface area contributed by atoms with E-state index >= 15 is 0 Å². The van der Waals surface area contributed by atoms with Crippen LogP contribution in [0.3, 0.4) is 0 Å². The summed E-state index contributed by atoms with van der Waals surface area (Å²) in [6, 6.07) is 2.21. The fourth-order valence-corrected chi connectivity index (χ4v) is 9.33. The third-order valence-electron chi connectivity index (χ3n) is 14.4. The number of likely N-dealkylation sites (N-methyl/N-ethyl adjacent to an activating group) is 1. The van der Waals surface area contributed by atoms with E-state index in [0.29, 0.717) is 32.2 Å². The maximum absolute atomic E-state index is 14.3. The zero-order valence-corrected chi connectivity index (χ0v) is 50.1. The molecule has 2 atom stereocenters. The van der Waals surface area contributed by atoms with Crippen LogP contribution in [0.4, 0.5) is 10.5 Å². The van der Waals surface area contributed by atoms with Crippen molar-refractivity contribution < 1.29 is 66.7 Å². The summed E-state index contributed by atoms with van der Waals surface area (Å²) in [5.41, 5.74) is 0.876. The van der Waals surface area contributed by atoms with Gasteiger partial charge in [0.25, 0.3) is 0 Å². The quantitative estimate of drug-likeness (QED) is 0.0258. The predicted octanol–water partition coefficient (Wildman–Crippen LogP) is 13.3. The largest absolute Gasteiger partial charge is 0.465 e. The zero-order valence-electron chi connectivity index (χ0n) is 50.1. The van der Waals surface area contributed by atoms with E-state index in [-0.39, 0.29) is 121 Å². The molecule has 1 aliphatic heterocycles. The van der Waals surface area contributed by atoms with Crippen molar-refractivity contribution in [3.63, 3.8) is 0 Å². The number of ether oxygens (including phenoxy) is 7. The van der Waals surface area contributed by atoms with Gasteiger partial charge in [0.05, 0.1) is 57.9 Å². The van der Waals surface area contributed by atoms with Crippen molar-refractivity contribution in [1.82, 2.24) is 9.88 Å². The minimum Gasteiger partial charge on any atom is -0.465 e. The van der Waals surface area contributed by atoms with Crippen LogP contribution in [0.1, 0.15) is 233 Å². The number of hydrogen-bond donors (Lipinski definition) is 0. The van der Waals surface area contributed by atoms with E-state index in [1.807, 2.05) is 36.2 Å². The number of nitrogens with zero attached hydrogens (tertiary/aromatic N) is 3. The molecular formula is C63H105N3O14. The van der Waals surface area contributed by atoms with E-state index in [4.69, 9.17) is 33.2 Å². The van der Waals surface area contributed by atoms with Crippen molar-refractivity contribution in [2.75, 3.05) is 64.7 Å². The Labute approximate surface area is 481 Å². The topological polar surface area (TPSA) is 203 Å². The summed E-state index contributed by atoms with van der Waals surface area (Å²) >= 11 is 0. The highest BCUT2D eigenvalue weighted by molar-refractivity contribution is 5.73. The molecule has 0 spiro atoms. The van der Waals surface area contributed by atoms with E-state index in [2.05, 4.69) is 32.7 Å². The van der Waals surface area contributed by atoms with Crippen LogP contribution in [-0.2, 0) is 61.9 Å². The fraction of sp³-hybridized carbons (Fsp3) is 0.778. The molecule has 2 rings (SSSR count). The van der Waals surface area contributed by atoms with Crippen molar-refractivity contribution >= 4 is 47.6 Å². The molecule has 1 amide bonds. The molecule has 0 saturated heterocycles. The number of carbonyl (C=O) groups is 7. The maximum atomic E-state index is 14.3. The first-order valence-electron chi connectivity index (χ1n) is 31.0. The van der Waals surface area contributed by atoms with Gasteiger partial charge in [0.15, 0.2) is 0 Å². The lowest BCUT2D eigenvalue weighted by molar-refractivity contribution is -0.156. The normalized spacial score (nSPS) is 14.1. The van der Waals surface area contributed by atoms with E-state index in [1.165, 1.54) is 4.90 Å². The minimum absolute atomic E-state index is 0.00820. The number of anilines is 1. The van der Waals surface area contributed by atoms with Crippen molar-refractivity contribution in [3.8, 4) is 0 Å². The molecule has 2 heterocycles. The number of pyridine rings is 1. The summed E-state index contributed by atoms with van der Waals surface area (Å²) in [5, 5.41) is 0. The number of rotatable bonds is 48. The highest BCUT2D eigenvalue weighted by Gasteiger charge is 2.35. The van der Waals surface area contributed by atoms with Crippen LogP contribution in [0.25, 0.3) is 0 Å². The second kappa shape index (κ2) is 47.4. The standard InChI is InChI=1S/C63H105N3O14/c1-6-10-14-18-22-26-34-57(67)75-46-52(47-76-58(68)35-27-23-19-15-11-7-2)44-61(71)79-50-55-32-30-31-33-56(66(55)63(73)74-43-42-65(5)54-38-40-64-41-39-54)51-80-62(72)45-53(48-77-59(69)36-28-24-20-16-12-8-3)49-78-60(70)37-29-25-21-17-13-9-4/h30-31,38-41,52-53,55-56H,6-29,32-37,42-51H2,1-5H3/t55-,56-/m0/s1. The predicted molar refractivity (Wildman–Crippen MR) is 311 cm³/mol. The molecule has 0 fully saturated rings. The Bertz CT molecular complexity index is 1690. The Balaban J connectivity index is 2.22. The Kier molecular flexibility index (Phi) is 42.0. The van der Waals surface area contributed by atoms with Gasteiger partial charge in [0.2, 0.25) is 0 Å². The van der Waals surface area contributed by atoms with E-state index in [9.17, 15) is 33.6 Å². The number of aromatic nitrogens is 1. The first kappa shape index (κ1) is 70.9. The lowest BCUT2D eigenvalue weighted by Gasteiger charge is -2.35. The first-order valence-corrected chi connectivity index (χ1v) is 31.0. The minimum atomic E-state index is -0.736. The highest BCUT2D eigenvalue weighted by atomic mass is 16.6. The molecule has 0 N–H and O–H groups in total. The van der Waals surface area contributed by atoms with Crippen LogP contribution in [0.5, 0.6) is 0 Å². The Morgan fingerprint density at radius 3 is 1.12 bits per heavy atom. The first-order chi connectivity index (χ1) is 38.9.